The summed E-state index contributed by atoms with van der Waals surface area (Å²) in [5.41, 5.74) is 1.19. The van der Waals surface area contributed by atoms with Crippen molar-refractivity contribution >= 4 is 6.09 Å². The van der Waals surface area contributed by atoms with Crippen LogP contribution in [0.2, 0.25) is 0 Å². The summed E-state index contributed by atoms with van der Waals surface area (Å²) in [7, 11) is 0. The number of carbonyl (C=O) groups is 1. The second-order valence-electron chi connectivity index (χ2n) is 3.62. The number of hydrogen-bond donors (Lipinski definition) is 1. The molecule has 1 aromatic carbocycles. The van der Waals surface area contributed by atoms with E-state index in [1.54, 1.807) is 6.08 Å². The zero-order valence-electron chi connectivity index (χ0n) is 9.48. The van der Waals surface area contributed by atoms with E-state index in [9.17, 15) is 4.79 Å². The van der Waals surface area contributed by atoms with Gasteiger partial charge in [0.05, 0.1) is 0 Å². The van der Waals surface area contributed by atoms with Gasteiger partial charge in [-0.05, 0) is 18.9 Å². The highest BCUT2D eigenvalue weighted by molar-refractivity contribution is 5.67. The molecule has 0 saturated carbocycles. The SMILES string of the molecule is C=CCOC(=O)N[C@@H](C)Cc1ccccc1. The van der Waals surface area contributed by atoms with Gasteiger partial charge < -0.3 is 10.1 Å². The van der Waals surface area contributed by atoms with Crippen molar-refractivity contribution in [2.45, 2.75) is 19.4 Å². The monoisotopic (exact) mass is 219 g/mol. The van der Waals surface area contributed by atoms with Crippen LogP contribution < -0.4 is 5.32 Å². The maximum absolute atomic E-state index is 11.2. The second-order valence-corrected chi connectivity index (χ2v) is 3.62. The van der Waals surface area contributed by atoms with Gasteiger partial charge in [0.25, 0.3) is 0 Å². The van der Waals surface area contributed by atoms with Crippen molar-refractivity contribution < 1.29 is 9.53 Å². The first-order chi connectivity index (χ1) is 7.72. The molecule has 0 bridgehead atoms. The van der Waals surface area contributed by atoms with Gasteiger partial charge in [-0.3, -0.25) is 0 Å². The van der Waals surface area contributed by atoms with E-state index >= 15 is 0 Å². The number of amides is 1. The number of nitrogens with one attached hydrogen (secondary N) is 1. The van der Waals surface area contributed by atoms with Gasteiger partial charge in [0, 0.05) is 6.04 Å². The highest BCUT2D eigenvalue weighted by Gasteiger charge is 2.07. The molecule has 1 rings (SSSR count). The third kappa shape index (κ3) is 4.64. The van der Waals surface area contributed by atoms with Crippen LogP contribution in [0.5, 0.6) is 0 Å². The minimum Gasteiger partial charge on any atom is -0.445 e. The second kappa shape index (κ2) is 6.67. The summed E-state index contributed by atoms with van der Waals surface area (Å²) < 4.78 is 4.83. The zero-order valence-corrected chi connectivity index (χ0v) is 9.48. The number of carbonyl (C=O) groups excluding carboxylic acids is 1. The van der Waals surface area contributed by atoms with Gasteiger partial charge in [0.1, 0.15) is 6.61 Å². The highest BCUT2D eigenvalue weighted by Crippen LogP contribution is 2.02. The average Bonchev–Trinajstić information content (AvgIpc) is 2.27. The first-order valence-corrected chi connectivity index (χ1v) is 5.30. The Balaban J connectivity index is 2.33. The van der Waals surface area contributed by atoms with Crippen molar-refractivity contribution in [2.24, 2.45) is 0 Å². The molecule has 1 amide bonds. The van der Waals surface area contributed by atoms with Gasteiger partial charge in [-0.2, -0.15) is 0 Å². The number of benzene rings is 1. The molecule has 0 saturated heterocycles. The first kappa shape index (κ1) is 12.3. The molecule has 1 N–H and O–H groups in total. The molecule has 0 aromatic heterocycles. The summed E-state index contributed by atoms with van der Waals surface area (Å²) in [6.45, 7) is 5.66. The van der Waals surface area contributed by atoms with Crippen LogP contribution in [0.3, 0.4) is 0 Å². The Hall–Kier alpha value is -1.77. The molecule has 3 heteroatoms. The molecule has 1 aromatic rings. The van der Waals surface area contributed by atoms with E-state index in [2.05, 4.69) is 11.9 Å². The summed E-state index contributed by atoms with van der Waals surface area (Å²) in [5.74, 6) is 0. The van der Waals surface area contributed by atoms with Gasteiger partial charge in [0.2, 0.25) is 0 Å². The molecule has 0 aliphatic heterocycles. The van der Waals surface area contributed by atoms with Gasteiger partial charge in [-0.15, -0.1) is 0 Å². The summed E-state index contributed by atoms with van der Waals surface area (Å²) in [6.07, 6.45) is 1.94. The smallest absolute Gasteiger partial charge is 0.407 e. The van der Waals surface area contributed by atoms with Crippen LogP contribution >= 0.6 is 0 Å². The standard InChI is InChI=1S/C13H17NO2/c1-3-9-16-13(15)14-11(2)10-12-7-5-4-6-8-12/h3-8,11H,1,9-10H2,2H3,(H,14,15)/t11-/m0/s1. The maximum Gasteiger partial charge on any atom is 0.407 e. The van der Waals surface area contributed by atoms with E-state index in [0.717, 1.165) is 6.42 Å². The van der Waals surface area contributed by atoms with Crippen molar-refractivity contribution in [3.8, 4) is 0 Å². The lowest BCUT2D eigenvalue weighted by atomic mass is 10.1. The molecule has 0 radical (unpaired) electrons. The lowest BCUT2D eigenvalue weighted by Crippen LogP contribution is -2.34. The predicted octanol–water partition coefficient (Wildman–Crippen LogP) is 2.53. The summed E-state index contributed by atoms with van der Waals surface area (Å²) >= 11 is 0. The summed E-state index contributed by atoms with van der Waals surface area (Å²) in [6, 6.07) is 10.1. The summed E-state index contributed by atoms with van der Waals surface area (Å²) in [4.78, 5) is 11.2. The van der Waals surface area contributed by atoms with Crippen molar-refractivity contribution in [2.75, 3.05) is 6.61 Å². The quantitative estimate of drug-likeness (QED) is 0.773. The van der Waals surface area contributed by atoms with Gasteiger partial charge in [0.15, 0.2) is 0 Å². The molecule has 0 aliphatic rings. The topological polar surface area (TPSA) is 38.3 Å². The Morgan fingerprint density at radius 3 is 2.81 bits per heavy atom. The maximum atomic E-state index is 11.2. The van der Waals surface area contributed by atoms with Crippen LogP contribution in [0.25, 0.3) is 0 Å². The molecule has 0 spiro atoms. The third-order valence-corrected chi connectivity index (χ3v) is 2.08. The fourth-order valence-corrected chi connectivity index (χ4v) is 1.40. The van der Waals surface area contributed by atoms with Gasteiger partial charge in [-0.25, -0.2) is 4.79 Å². The van der Waals surface area contributed by atoms with Crippen molar-refractivity contribution in [3.05, 3.63) is 48.6 Å². The molecule has 86 valence electrons. The van der Waals surface area contributed by atoms with E-state index in [-0.39, 0.29) is 12.6 Å². The lowest BCUT2D eigenvalue weighted by molar-refractivity contribution is 0.155. The first-order valence-electron chi connectivity index (χ1n) is 5.30. The fraction of sp³-hybridized carbons (Fsp3) is 0.308. The van der Waals surface area contributed by atoms with Crippen molar-refractivity contribution in [1.82, 2.24) is 5.32 Å². The molecule has 1 atom stereocenters. The van der Waals surface area contributed by atoms with Crippen LogP contribution in [-0.4, -0.2) is 18.7 Å². The normalized spacial score (nSPS) is 11.6. The minimum absolute atomic E-state index is 0.0553. The molecular weight excluding hydrogens is 202 g/mol. The minimum atomic E-state index is -0.400. The summed E-state index contributed by atoms with van der Waals surface area (Å²) in [5, 5.41) is 2.75. The number of ether oxygens (including phenoxy) is 1. The Labute approximate surface area is 96.1 Å². The Bertz CT molecular complexity index is 335. The molecule has 0 aliphatic carbocycles. The number of alkyl carbamates (subject to hydrolysis) is 1. The predicted molar refractivity (Wildman–Crippen MR) is 64.3 cm³/mol. The molecule has 0 heterocycles. The number of hydrogen-bond acceptors (Lipinski definition) is 2. The molecule has 16 heavy (non-hydrogen) atoms. The van der Waals surface area contributed by atoms with E-state index in [4.69, 9.17) is 4.74 Å². The van der Waals surface area contributed by atoms with Crippen molar-refractivity contribution in [3.63, 3.8) is 0 Å². The molecule has 0 fully saturated rings. The zero-order chi connectivity index (χ0) is 11.8. The Kier molecular flexibility index (Phi) is 5.12. The molecule has 0 unspecified atom stereocenters. The van der Waals surface area contributed by atoms with Crippen LogP contribution in [0.1, 0.15) is 12.5 Å². The van der Waals surface area contributed by atoms with Crippen LogP contribution in [0.4, 0.5) is 4.79 Å². The fourth-order valence-electron chi connectivity index (χ4n) is 1.40. The Morgan fingerprint density at radius 2 is 2.19 bits per heavy atom. The molecular formula is C13H17NO2. The van der Waals surface area contributed by atoms with Crippen molar-refractivity contribution in [1.29, 1.82) is 0 Å². The van der Waals surface area contributed by atoms with Crippen LogP contribution in [-0.2, 0) is 11.2 Å². The van der Waals surface area contributed by atoms with E-state index < -0.39 is 6.09 Å². The Morgan fingerprint density at radius 1 is 1.50 bits per heavy atom. The van der Waals surface area contributed by atoms with E-state index in [1.165, 1.54) is 5.56 Å². The molecule has 3 nitrogen and oxygen atoms in total. The van der Waals surface area contributed by atoms with Crippen LogP contribution in [0, 0.1) is 0 Å². The average molecular weight is 219 g/mol. The number of rotatable bonds is 5. The van der Waals surface area contributed by atoms with Crippen LogP contribution in [0.15, 0.2) is 43.0 Å². The lowest BCUT2D eigenvalue weighted by Gasteiger charge is -2.13. The van der Waals surface area contributed by atoms with Gasteiger partial charge >= 0.3 is 6.09 Å². The van der Waals surface area contributed by atoms with Gasteiger partial charge in [-0.1, -0.05) is 43.0 Å². The van der Waals surface area contributed by atoms with E-state index in [1.807, 2.05) is 37.3 Å². The highest BCUT2D eigenvalue weighted by atomic mass is 16.5. The van der Waals surface area contributed by atoms with E-state index in [0.29, 0.717) is 0 Å². The third-order valence-electron chi connectivity index (χ3n) is 2.08. The largest absolute Gasteiger partial charge is 0.445 e.